The molecule has 0 aliphatic heterocycles. The molecule has 0 saturated heterocycles. The van der Waals surface area contributed by atoms with Crippen molar-refractivity contribution < 1.29 is 62.4 Å². The molecule has 79 heavy (non-hydrogen) atoms. The van der Waals surface area contributed by atoms with E-state index in [0.29, 0.717) is 79.2 Å². The van der Waals surface area contributed by atoms with E-state index in [1.165, 1.54) is 0 Å². The van der Waals surface area contributed by atoms with E-state index < -0.39 is 77.4 Å². The third kappa shape index (κ3) is 31.5. The molecule has 0 aliphatic carbocycles. The maximum Gasteiger partial charge on any atom is 0.408 e. The second kappa shape index (κ2) is 35.9. The summed E-state index contributed by atoms with van der Waals surface area (Å²) in [5.41, 5.74) is 18.0. The number of nitrogens with one attached hydrogen (secondary N) is 4. The van der Waals surface area contributed by atoms with Crippen molar-refractivity contribution in [3.63, 3.8) is 0 Å². The molecule has 6 amide bonds. The van der Waals surface area contributed by atoms with Gasteiger partial charge >= 0.3 is 30.3 Å². The van der Waals surface area contributed by atoms with Gasteiger partial charge < -0.3 is 62.5 Å². The predicted octanol–water partition coefficient (Wildman–Crippen LogP) is 8.69. The quantitative estimate of drug-likeness (QED) is 0.0215. The number of hydrogen-bond acceptors (Lipinski definition) is 13. The van der Waals surface area contributed by atoms with Gasteiger partial charge in [-0.15, -0.1) is 0 Å². The number of Topliss-reactive ketones (excluding diaryl/α,β-unsaturated/α-hetero) is 1. The second-order valence-corrected chi connectivity index (χ2v) is 20.9. The topological polar surface area (TPSA) is 320 Å². The Kier molecular flexibility index (Phi) is 30.7. The lowest BCUT2D eigenvalue weighted by molar-refractivity contribution is -0.139. The van der Waals surface area contributed by atoms with E-state index in [4.69, 9.17) is 59.4 Å². The van der Waals surface area contributed by atoms with Crippen molar-refractivity contribution in [2.75, 3.05) is 13.1 Å². The van der Waals surface area contributed by atoms with Crippen molar-refractivity contribution in [1.29, 1.82) is 0 Å². The molecule has 4 rings (SSSR count). The first-order valence-electron chi connectivity index (χ1n) is 25.7. The first kappa shape index (κ1) is 67.7. The lowest BCUT2D eigenvalue weighted by atomic mass is 9.90. The molecule has 0 aliphatic rings. The number of primary amides is 2. The molecule has 20 nitrogen and oxygen atoms in total. The van der Waals surface area contributed by atoms with Gasteiger partial charge in [-0.2, -0.15) is 0 Å². The van der Waals surface area contributed by atoms with Gasteiger partial charge in [0.15, 0.2) is 5.78 Å². The number of carbonyl (C=O) groups excluding carboxylic acids is 7. The summed E-state index contributed by atoms with van der Waals surface area (Å²) in [4.78, 5) is 94.9. The monoisotopic (exact) mass is 1140 g/mol. The number of ketones is 1. The lowest BCUT2D eigenvalue weighted by Crippen LogP contribution is -2.44. The smallest absolute Gasteiger partial charge is 0.408 e. The number of alkyl carbamates (subject to hydrolysis) is 4. The minimum atomic E-state index is -1.14. The highest BCUT2D eigenvalue weighted by Gasteiger charge is 2.29. The second-order valence-electron chi connectivity index (χ2n) is 20.1. The van der Waals surface area contributed by atoms with Crippen LogP contribution in [-0.2, 0) is 64.2 Å². The van der Waals surface area contributed by atoms with Crippen molar-refractivity contribution in [2.45, 2.75) is 142 Å². The van der Waals surface area contributed by atoms with Gasteiger partial charge in [-0.05, 0) is 116 Å². The number of carboxylic acid groups (broad SMARTS) is 1. The van der Waals surface area contributed by atoms with Crippen LogP contribution in [-0.4, -0.2) is 95.5 Å². The molecule has 4 aromatic rings. The molecule has 4 aromatic carbocycles. The molecule has 0 spiro atoms. The molecule has 0 radical (unpaired) electrons. The molecule has 0 aromatic heterocycles. The van der Waals surface area contributed by atoms with Crippen LogP contribution in [0.4, 0.5) is 19.2 Å². The molecule has 0 unspecified atom stereocenters. The van der Waals surface area contributed by atoms with Crippen LogP contribution in [0.1, 0.15) is 109 Å². The molecular formula is C57H77Cl2N7O13. The average Bonchev–Trinajstić information content (AvgIpc) is 3.37. The van der Waals surface area contributed by atoms with E-state index in [9.17, 15) is 43.5 Å². The molecular weight excluding hydrogens is 1060 g/mol. The normalized spacial score (nSPS) is 12.4. The minimum absolute atomic E-state index is 0.0475. The molecule has 4 atom stereocenters. The van der Waals surface area contributed by atoms with Gasteiger partial charge in [0, 0.05) is 46.6 Å². The fraction of sp³-hybridized carbons (Fsp3) is 0.439. The van der Waals surface area contributed by atoms with Gasteiger partial charge in [0.1, 0.15) is 30.5 Å². The summed E-state index contributed by atoms with van der Waals surface area (Å²) >= 11 is 12.0. The van der Waals surface area contributed by atoms with Gasteiger partial charge in [-0.3, -0.25) is 14.4 Å². The summed E-state index contributed by atoms with van der Waals surface area (Å²) in [6.07, 6.45) is 0.619. The summed E-state index contributed by atoms with van der Waals surface area (Å²) < 4.78 is 20.6. The molecule has 0 heterocycles. The highest BCUT2D eigenvalue weighted by molar-refractivity contribution is 6.31. The average molecular weight is 1140 g/mol. The summed E-state index contributed by atoms with van der Waals surface area (Å²) in [5.74, 6) is -3.20. The number of rotatable bonds is 26. The van der Waals surface area contributed by atoms with E-state index in [2.05, 4.69) is 21.3 Å². The third-order valence-electron chi connectivity index (χ3n) is 10.9. The largest absolute Gasteiger partial charge is 0.480 e. The van der Waals surface area contributed by atoms with Gasteiger partial charge in [-0.25, -0.2) is 24.0 Å². The number of halogens is 2. The minimum Gasteiger partial charge on any atom is -0.480 e. The molecule has 22 heteroatoms. The predicted molar refractivity (Wildman–Crippen MR) is 301 cm³/mol. The van der Waals surface area contributed by atoms with Crippen molar-refractivity contribution in [2.24, 2.45) is 23.1 Å². The third-order valence-corrected chi connectivity index (χ3v) is 11.7. The Morgan fingerprint density at radius 3 is 1.32 bits per heavy atom. The van der Waals surface area contributed by atoms with E-state index in [1.54, 1.807) is 90.1 Å². The van der Waals surface area contributed by atoms with Crippen LogP contribution < -0.4 is 38.5 Å². The van der Waals surface area contributed by atoms with Crippen LogP contribution in [0.3, 0.4) is 0 Å². The van der Waals surface area contributed by atoms with Crippen molar-refractivity contribution >= 4 is 71.1 Å². The number of carboxylic acids is 1. The maximum absolute atomic E-state index is 13.2. The van der Waals surface area contributed by atoms with Gasteiger partial charge in [0.2, 0.25) is 11.8 Å². The van der Waals surface area contributed by atoms with E-state index in [1.807, 2.05) is 60.7 Å². The SMILES string of the molecule is CC(C)(C)OC(=O)N[C@@H](CCCCNC(=O)OCc1ccccc1Cl)C(=O)C[C@@H](Cc1ccccc1)C(N)=O.CC(C)(C)OC(=O)N[C@@H](CCCCNC(=O)OCc1ccccc1Cl)C(=O)O.NC(=O)[C@@H](N)Cc1ccccc1. The number of amides is 6. The first-order valence-corrected chi connectivity index (χ1v) is 26.4. The number of unbranched alkanes of at least 4 members (excludes halogenated alkanes) is 2. The van der Waals surface area contributed by atoms with Gasteiger partial charge in [-0.1, -0.05) is 120 Å². The highest BCUT2D eigenvalue weighted by Crippen LogP contribution is 2.19. The number of aliphatic carboxylic acids is 1. The van der Waals surface area contributed by atoms with Crippen LogP contribution in [0.25, 0.3) is 0 Å². The Bertz CT molecular complexity index is 2550. The van der Waals surface area contributed by atoms with Crippen LogP contribution in [0.15, 0.2) is 109 Å². The van der Waals surface area contributed by atoms with Crippen molar-refractivity contribution in [3.8, 4) is 0 Å². The maximum atomic E-state index is 13.2. The molecule has 432 valence electrons. The van der Waals surface area contributed by atoms with E-state index in [0.717, 1.165) is 11.1 Å². The number of benzene rings is 4. The van der Waals surface area contributed by atoms with Crippen LogP contribution in [0.5, 0.6) is 0 Å². The zero-order valence-corrected chi connectivity index (χ0v) is 47.2. The van der Waals surface area contributed by atoms with E-state index >= 15 is 0 Å². The van der Waals surface area contributed by atoms with Gasteiger partial charge in [0.25, 0.3) is 0 Å². The fourth-order valence-electron chi connectivity index (χ4n) is 6.94. The fourth-order valence-corrected chi connectivity index (χ4v) is 7.32. The standard InChI is InChI=1S/C29H38ClN3O6.C19H27ClN2O6.C9H12N2O/c1-29(2,3)39-28(37)33-24(25(34)18-22(26(31)35)17-20-11-5-4-6-12-20)15-9-10-16-32-27(36)38-19-21-13-7-8-14-23(21)30;1-19(2,3)28-18(26)22-15(16(23)24)10-6-7-11-21-17(25)27-12-13-8-4-5-9-14(13)20;10-8(9(11)12)6-7-4-2-1-3-5-7/h4-8,11-14,22,24H,9-10,15-19H2,1-3H3,(H2,31,35)(H,32,36)(H,33,37);4-5,8-9,15H,6-7,10-12H2,1-3H3,(H,21,25)(H,22,26)(H,23,24);1-5,8H,6,10H2,(H2,11,12)/t22-,24+;15-;8-/m100/s1. The van der Waals surface area contributed by atoms with Crippen molar-refractivity contribution in [3.05, 3.63) is 141 Å². The molecule has 11 N–H and O–H groups in total. The number of hydrogen-bond donors (Lipinski definition) is 8. The Balaban J connectivity index is 0.000000461. The number of nitrogens with two attached hydrogens (primary N) is 3. The lowest BCUT2D eigenvalue weighted by Gasteiger charge is -2.24. The zero-order valence-electron chi connectivity index (χ0n) is 45.7. The Morgan fingerprint density at radius 2 is 0.924 bits per heavy atom. The Morgan fingerprint density at radius 1 is 0.532 bits per heavy atom. The van der Waals surface area contributed by atoms with Crippen LogP contribution in [0.2, 0.25) is 10.0 Å². The summed E-state index contributed by atoms with van der Waals surface area (Å²) in [6.45, 7) is 11.0. The van der Waals surface area contributed by atoms with E-state index in [-0.39, 0.29) is 31.8 Å². The zero-order chi connectivity index (χ0) is 59.0. The molecule has 0 bridgehead atoms. The summed E-state index contributed by atoms with van der Waals surface area (Å²) in [7, 11) is 0. The molecule has 0 saturated carbocycles. The van der Waals surface area contributed by atoms with Crippen molar-refractivity contribution in [1.82, 2.24) is 21.3 Å². The Hall–Kier alpha value is -7.42. The summed E-state index contributed by atoms with van der Waals surface area (Å²) in [6, 6.07) is 30.5. The summed E-state index contributed by atoms with van der Waals surface area (Å²) in [5, 5.41) is 20.4. The number of carbonyl (C=O) groups is 8. The van der Waals surface area contributed by atoms with Gasteiger partial charge in [0.05, 0.1) is 12.1 Å². The Labute approximate surface area is 472 Å². The number of ether oxygens (including phenoxy) is 4. The van der Waals surface area contributed by atoms with Crippen LogP contribution in [0, 0.1) is 5.92 Å². The first-order chi connectivity index (χ1) is 37.2. The molecule has 0 fully saturated rings. The highest BCUT2D eigenvalue weighted by atomic mass is 35.5. The van der Waals surface area contributed by atoms with Crippen LogP contribution >= 0.6 is 23.2 Å².